The molecule has 2 fully saturated rings. The number of likely N-dealkylation sites (tertiary alicyclic amines) is 1. The number of amides is 1. The zero-order chi connectivity index (χ0) is 18.1. The van der Waals surface area contributed by atoms with Gasteiger partial charge in [-0.1, -0.05) is 25.1 Å². The minimum Gasteiger partial charge on any atom is -0.337 e. The average Bonchev–Trinajstić information content (AvgIpc) is 3.17. The van der Waals surface area contributed by atoms with Crippen LogP contribution < -0.4 is 0 Å². The van der Waals surface area contributed by atoms with E-state index in [0.29, 0.717) is 6.04 Å². The Morgan fingerprint density at radius 2 is 1.92 bits per heavy atom. The number of nitrogens with zero attached hydrogens (tertiary/aromatic N) is 4. The molecule has 0 saturated carbocycles. The Bertz CT molecular complexity index is 798. The van der Waals surface area contributed by atoms with Crippen LogP contribution in [0.4, 0.5) is 0 Å². The first-order valence-electron chi connectivity index (χ1n) is 9.78. The molecule has 1 unspecified atom stereocenters. The highest BCUT2D eigenvalue weighted by molar-refractivity contribution is 6.05. The fourth-order valence-electron chi connectivity index (χ4n) is 4.26. The van der Waals surface area contributed by atoms with Crippen LogP contribution in [0.25, 0.3) is 10.9 Å². The standard InChI is InChI=1S/C21H28N4O/c1-3-23-11-13-24(14-12-23)18-9-10-25(15-18)21(26)19-6-4-5-17-8-7-16(2)22-20(17)19/h4-8,18H,3,9-15H2,1-2H3. The topological polar surface area (TPSA) is 39.7 Å². The predicted molar refractivity (Wildman–Crippen MR) is 104 cm³/mol. The van der Waals surface area contributed by atoms with Crippen LogP contribution in [-0.2, 0) is 0 Å². The summed E-state index contributed by atoms with van der Waals surface area (Å²) in [6, 6.07) is 10.5. The Morgan fingerprint density at radius 3 is 2.69 bits per heavy atom. The maximum atomic E-state index is 13.2. The minimum atomic E-state index is 0.128. The van der Waals surface area contributed by atoms with Crippen molar-refractivity contribution < 1.29 is 4.79 Å². The summed E-state index contributed by atoms with van der Waals surface area (Å²) >= 11 is 0. The molecule has 0 bridgehead atoms. The van der Waals surface area contributed by atoms with Crippen molar-refractivity contribution in [3.05, 3.63) is 41.6 Å². The number of hydrogen-bond donors (Lipinski definition) is 0. The van der Waals surface area contributed by atoms with Gasteiger partial charge in [0.25, 0.3) is 5.91 Å². The Labute approximate surface area is 155 Å². The summed E-state index contributed by atoms with van der Waals surface area (Å²) in [5.74, 6) is 0.128. The van der Waals surface area contributed by atoms with Crippen molar-refractivity contribution >= 4 is 16.8 Å². The highest BCUT2D eigenvalue weighted by atomic mass is 16.2. The molecule has 5 heteroatoms. The van der Waals surface area contributed by atoms with Gasteiger partial charge in [0.05, 0.1) is 11.1 Å². The number of fused-ring (bicyclic) bond motifs is 1. The quantitative estimate of drug-likeness (QED) is 0.850. The molecular weight excluding hydrogens is 324 g/mol. The van der Waals surface area contributed by atoms with Crippen molar-refractivity contribution in [2.45, 2.75) is 26.3 Å². The highest BCUT2D eigenvalue weighted by Crippen LogP contribution is 2.23. The number of para-hydroxylation sites is 1. The number of likely N-dealkylation sites (N-methyl/N-ethyl adjacent to an activating group) is 1. The molecule has 0 aliphatic carbocycles. The lowest BCUT2D eigenvalue weighted by molar-refractivity contribution is 0.0747. The van der Waals surface area contributed by atoms with E-state index in [1.165, 1.54) is 0 Å². The number of piperazine rings is 1. The zero-order valence-electron chi connectivity index (χ0n) is 15.8. The fraction of sp³-hybridized carbons (Fsp3) is 0.524. The maximum absolute atomic E-state index is 13.2. The van der Waals surface area contributed by atoms with E-state index in [-0.39, 0.29) is 5.91 Å². The van der Waals surface area contributed by atoms with E-state index in [9.17, 15) is 4.79 Å². The van der Waals surface area contributed by atoms with Gasteiger partial charge < -0.3 is 9.80 Å². The third-order valence-corrected chi connectivity index (χ3v) is 5.91. The van der Waals surface area contributed by atoms with Crippen LogP contribution in [0, 0.1) is 6.92 Å². The lowest BCUT2D eigenvalue weighted by atomic mass is 10.1. The SMILES string of the molecule is CCN1CCN(C2CCN(C(=O)c3cccc4ccc(C)nc34)C2)CC1. The largest absolute Gasteiger partial charge is 0.337 e. The molecule has 5 nitrogen and oxygen atoms in total. The second-order valence-corrected chi connectivity index (χ2v) is 7.49. The Hall–Kier alpha value is -1.98. The molecule has 26 heavy (non-hydrogen) atoms. The number of aromatic nitrogens is 1. The van der Waals surface area contributed by atoms with Crippen LogP contribution in [0.5, 0.6) is 0 Å². The van der Waals surface area contributed by atoms with Gasteiger partial charge >= 0.3 is 0 Å². The summed E-state index contributed by atoms with van der Waals surface area (Å²) in [7, 11) is 0. The first kappa shape index (κ1) is 17.4. The number of aryl methyl sites for hydroxylation is 1. The van der Waals surface area contributed by atoms with Crippen molar-refractivity contribution in [2.24, 2.45) is 0 Å². The number of carbonyl (C=O) groups is 1. The molecule has 1 aromatic carbocycles. The lowest BCUT2D eigenvalue weighted by Gasteiger charge is -2.37. The van der Waals surface area contributed by atoms with E-state index in [0.717, 1.165) is 74.4 Å². The Morgan fingerprint density at radius 1 is 1.12 bits per heavy atom. The van der Waals surface area contributed by atoms with Gasteiger partial charge in [-0.3, -0.25) is 14.7 Å². The van der Waals surface area contributed by atoms with Crippen LogP contribution >= 0.6 is 0 Å². The van der Waals surface area contributed by atoms with Gasteiger partial charge in [-0.15, -0.1) is 0 Å². The van der Waals surface area contributed by atoms with E-state index in [1.807, 2.05) is 36.1 Å². The van der Waals surface area contributed by atoms with Crippen molar-refractivity contribution in [3.63, 3.8) is 0 Å². The van der Waals surface area contributed by atoms with E-state index in [1.54, 1.807) is 0 Å². The maximum Gasteiger partial charge on any atom is 0.256 e. The summed E-state index contributed by atoms with van der Waals surface area (Å²) in [5, 5.41) is 1.04. The first-order valence-corrected chi connectivity index (χ1v) is 9.78. The molecule has 138 valence electrons. The van der Waals surface area contributed by atoms with Gasteiger partial charge in [0.15, 0.2) is 0 Å². The summed E-state index contributed by atoms with van der Waals surface area (Å²) in [6.45, 7) is 11.6. The summed E-state index contributed by atoms with van der Waals surface area (Å²) in [6.07, 6.45) is 1.08. The summed E-state index contributed by atoms with van der Waals surface area (Å²) < 4.78 is 0. The van der Waals surface area contributed by atoms with Crippen LogP contribution in [0.2, 0.25) is 0 Å². The van der Waals surface area contributed by atoms with E-state index in [4.69, 9.17) is 0 Å². The van der Waals surface area contributed by atoms with Crippen LogP contribution in [-0.4, -0.2) is 77.4 Å². The molecule has 2 aliphatic rings. The Kier molecular flexibility index (Phi) is 4.92. The number of hydrogen-bond acceptors (Lipinski definition) is 4. The summed E-state index contributed by atoms with van der Waals surface area (Å²) in [5.41, 5.74) is 2.52. The van der Waals surface area contributed by atoms with Crippen molar-refractivity contribution in [2.75, 3.05) is 45.8 Å². The molecule has 2 aliphatic heterocycles. The van der Waals surface area contributed by atoms with Crippen molar-refractivity contribution in [3.8, 4) is 0 Å². The monoisotopic (exact) mass is 352 g/mol. The van der Waals surface area contributed by atoms with E-state index < -0.39 is 0 Å². The van der Waals surface area contributed by atoms with Crippen molar-refractivity contribution in [1.82, 2.24) is 19.7 Å². The molecule has 3 heterocycles. The molecule has 1 aromatic heterocycles. The summed E-state index contributed by atoms with van der Waals surface area (Å²) in [4.78, 5) is 24.9. The first-order chi connectivity index (χ1) is 12.7. The zero-order valence-corrected chi connectivity index (χ0v) is 15.8. The molecule has 2 saturated heterocycles. The van der Waals surface area contributed by atoms with Gasteiger partial charge in [0, 0.05) is 56.4 Å². The molecule has 0 spiro atoms. The van der Waals surface area contributed by atoms with Crippen LogP contribution in [0.1, 0.15) is 29.4 Å². The van der Waals surface area contributed by atoms with Gasteiger partial charge in [0.2, 0.25) is 0 Å². The van der Waals surface area contributed by atoms with Crippen LogP contribution in [0.3, 0.4) is 0 Å². The van der Waals surface area contributed by atoms with Gasteiger partial charge in [-0.25, -0.2) is 0 Å². The normalized spacial score (nSPS) is 22.2. The second kappa shape index (κ2) is 7.33. The molecule has 2 aromatic rings. The fourth-order valence-corrected chi connectivity index (χ4v) is 4.26. The molecule has 0 N–H and O–H groups in total. The molecule has 1 amide bonds. The van der Waals surface area contributed by atoms with Gasteiger partial charge in [-0.05, 0) is 32.0 Å². The second-order valence-electron chi connectivity index (χ2n) is 7.49. The Balaban J connectivity index is 1.48. The smallest absolute Gasteiger partial charge is 0.256 e. The van der Waals surface area contributed by atoms with E-state index >= 15 is 0 Å². The third kappa shape index (κ3) is 3.33. The third-order valence-electron chi connectivity index (χ3n) is 5.91. The lowest BCUT2D eigenvalue weighted by Crippen LogP contribution is -2.51. The number of carbonyl (C=O) groups excluding carboxylic acids is 1. The van der Waals surface area contributed by atoms with Crippen LogP contribution in [0.15, 0.2) is 30.3 Å². The molecule has 0 radical (unpaired) electrons. The molecule has 4 rings (SSSR count). The molecule has 1 atom stereocenters. The number of pyridine rings is 1. The minimum absolute atomic E-state index is 0.128. The average molecular weight is 352 g/mol. The number of rotatable bonds is 3. The van der Waals surface area contributed by atoms with Gasteiger partial charge in [-0.2, -0.15) is 0 Å². The van der Waals surface area contributed by atoms with Gasteiger partial charge in [0.1, 0.15) is 0 Å². The van der Waals surface area contributed by atoms with Crippen molar-refractivity contribution in [1.29, 1.82) is 0 Å². The molecular formula is C21H28N4O. The predicted octanol–water partition coefficient (Wildman–Crippen LogP) is 2.40. The van der Waals surface area contributed by atoms with E-state index in [2.05, 4.69) is 27.8 Å². The highest BCUT2D eigenvalue weighted by Gasteiger charge is 2.32. The number of benzene rings is 1.